The number of halogens is 2. The second-order valence-electron chi connectivity index (χ2n) is 9.75. The summed E-state index contributed by atoms with van der Waals surface area (Å²) in [5, 5.41) is 12.4. The third kappa shape index (κ3) is 5.14. The predicted octanol–water partition coefficient (Wildman–Crippen LogP) is 5.15. The van der Waals surface area contributed by atoms with Gasteiger partial charge in [-0.15, -0.1) is 0 Å². The standard InChI is InChI=1S/C25H30Cl2N2O4S/c1-15-8-16(2)13-29(12-15)34(32,33)23-10-17(14-30)9-18-6-7-19(11-20(18)23)28-25(31)24-21(26)4-3-5-22(24)27/h3-7,11,15-17,23,30H,8-10,12-14H2,1-2H3,(H,28,31)/t15-,16+,17-,23?/m1/s1. The van der Waals surface area contributed by atoms with Gasteiger partial charge in [-0.1, -0.05) is 49.2 Å². The average molecular weight is 525 g/mol. The molecule has 2 aromatic carbocycles. The molecule has 1 amide bonds. The summed E-state index contributed by atoms with van der Waals surface area (Å²) in [5.41, 5.74) is 2.21. The minimum atomic E-state index is -3.65. The van der Waals surface area contributed by atoms with Gasteiger partial charge in [-0.3, -0.25) is 4.79 Å². The quantitative estimate of drug-likeness (QED) is 0.566. The van der Waals surface area contributed by atoms with Crippen molar-refractivity contribution in [3.8, 4) is 0 Å². The Balaban J connectivity index is 1.68. The molecule has 9 heteroatoms. The molecule has 34 heavy (non-hydrogen) atoms. The van der Waals surface area contributed by atoms with Crippen molar-refractivity contribution < 1.29 is 18.3 Å². The van der Waals surface area contributed by atoms with E-state index in [2.05, 4.69) is 19.2 Å². The van der Waals surface area contributed by atoms with Crippen molar-refractivity contribution in [2.75, 3.05) is 25.0 Å². The smallest absolute Gasteiger partial charge is 0.258 e. The molecule has 4 rings (SSSR count). The number of fused-ring (bicyclic) bond motifs is 1. The molecule has 1 unspecified atom stereocenters. The third-order valence-electron chi connectivity index (χ3n) is 6.81. The van der Waals surface area contributed by atoms with Crippen LogP contribution in [0, 0.1) is 17.8 Å². The number of sulfonamides is 1. The van der Waals surface area contributed by atoms with Crippen LogP contribution in [0.4, 0.5) is 5.69 Å². The molecule has 1 aliphatic carbocycles. The van der Waals surface area contributed by atoms with Gasteiger partial charge in [-0.05, 0) is 72.4 Å². The van der Waals surface area contributed by atoms with Gasteiger partial charge in [0.15, 0.2) is 0 Å². The lowest BCUT2D eigenvalue weighted by atomic mass is 9.83. The van der Waals surface area contributed by atoms with Gasteiger partial charge < -0.3 is 10.4 Å². The van der Waals surface area contributed by atoms with Gasteiger partial charge in [0.2, 0.25) is 10.0 Å². The first-order chi connectivity index (χ1) is 16.1. The van der Waals surface area contributed by atoms with E-state index in [1.54, 1.807) is 34.6 Å². The summed E-state index contributed by atoms with van der Waals surface area (Å²) in [6, 6.07) is 10.2. The molecule has 0 bridgehead atoms. The first kappa shape index (κ1) is 25.5. The summed E-state index contributed by atoms with van der Waals surface area (Å²) in [6.07, 6.45) is 1.95. The zero-order chi connectivity index (χ0) is 24.6. The number of nitrogens with one attached hydrogen (secondary N) is 1. The van der Waals surface area contributed by atoms with E-state index in [1.165, 1.54) is 0 Å². The first-order valence-electron chi connectivity index (χ1n) is 11.6. The fourth-order valence-corrected chi connectivity index (χ4v) is 8.21. The number of benzene rings is 2. The highest BCUT2D eigenvalue weighted by Gasteiger charge is 2.41. The number of hydrogen-bond donors (Lipinski definition) is 2. The highest BCUT2D eigenvalue weighted by molar-refractivity contribution is 7.89. The maximum atomic E-state index is 13.8. The number of amides is 1. The fourth-order valence-electron chi connectivity index (χ4n) is 5.31. The first-order valence-corrected chi connectivity index (χ1v) is 13.8. The van der Waals surface area contributed by atoms with Gasteiger partial charge in [0, 0.05) is 25.4 Å². The number of aliphatic hydroxyl groups is 1. The summed E-state index contributed by atoms with van der Waals surface area (Å²) < 4.78 is 29.3. The lowest BCUT2D eigenvalue weighted by Crippen LogP contribution is -2.45. The molecule has 0 radical (unpaired) electrons. The maximum absolute atomic E-state index is 13.8. The summed E-state index contributed by atoms with van der Waals surface area (Å²) >= 11 is 12.4. The molecule has 184 valence electrons. The topological polar surface area (TPSA) is 86.7 Å². The van der Waals surface area contributed by atoms with Crippen LogP contribution >= 0.6 is 23.2 Å². The zero-order valence-corrected chi connectivity index (χ0v) is 21.6. The molecular weight excluding hydrogens is 495 g/mol. The van der Waals surface area contributed by atoms with Crippen LogP contribution < -0.4 is 5.32 Å². The maximum Gasteiger partial charge on any atom is 0.258 e. The number of nitrogens with zero attached hydrogens (tertiary/aromatic N) is 1. The Morgan fingerprint density at radius 2 is 1.74 bits per heavy atom. The summed E-state index contributed by atoms with van der Waals surface area (Å²) in [7, 11) is -3.65. The molecular formula is C25H30Cl2N2O4S. The Labute approximate surface area is 211 Å². The molecule has 2 aromatic rings. The number of hydrogen-bond acceptors (Lipinski definition) is 4. The van der Waals surface area contributed by atoms with Crippen molar-refractivity contribution in [2.45, 2.75) is 38.4 Å². The van der Waals surface area contributed by atoms with Crippen LogP contribution in [-0.4, -0.2) is 43.4 Å². The van der Waals surface area contributed by atoms with E-state index < -0.39 is 21.2 Å². The average Bonchev–Trinajstić information content (AvgIpc) is 2.77. The van der Waals surface area contributed by atoms with Crippen LogP contribution in [0.5, 0.6) is 0 Å². The number of carbonyl (C=O) groups is 1. The van der Waals surface area contributed by atoms with Crippen LogP contribution in [0.1, 0.15) is 53.4 Å². The van der Waals surface area contributed by atoms with Gasteiger partial charge in [-0.25, -0.2) is 12.7 Å². The summed E-state index contributed by atoms with van der Waals surface area (Å²) in [6.45, 7) is 5.10. The predicted molar refractivity (Wildman–Crippen MR) is 136 cm³/mol. The minimum absolute atomic E-state index is 0.0677. The van der Waals surface area contributed by atoms with Crippen molar-refractivity contribution in [3.05, 3.63) is 63.1 Å². The molecule has 0 spiro atoms. The van der Waals surface area contributed by atoms with E-state index >= 15 is 0 Å². The Bertz CT molecular complexity index is 1160. The van der Waals surface area contributed by atoms with Crippen LogP contribution in [0.3, 0.4) is 0 Å². The molecule has 0 saturated carbocycles. The number of anilines is 1. The van der Waals surface area contributed by atoms with E-state index in [1.807, 2.05) is 6.07 Å². The third-order valence-corrected chi connectivity index (χ3v) is 9.62. The van der Waals surface area contributed by atoms with Gasteiger partial charge in [0.1, 0.15) is 5.25 Å². The molecule has 4 atom stereocenters. The van der Waals surface area contributed by atoms with Crippen molar-refractivity contribution in [1.82, 2.24) is 4.31 Å². The van der Waals surface area contributed by atoms with E-state index in [-0.39, 0.29) is 28.1 Å². The normalized spacial score (nSPS) is 25.6. The van der Waals surface area contributed by atoms with Crippen molar-refractivity contribution in [2.24, 2.45) is 17.8 Å². The van der Waals surface area contributed by atoms with Crippen LogP contribution in [0.2, 0.25) is 10.0 Å². The molecule has 1 fully saturated rings. The highest BCUT2D eigenvalue weighted by Crippen LogP contribution is 2.42. The monoisotopic (exact) mass is 524 g/mol. The lowest BCUT2D eigenvalue weighted by molar-refractivity contribution is 0.102. The van der Waals surface area contributed by atoms with Crippen molar-refractivity contribution >= 4 is 44.8 Å². The van der Waals surface area contributed by atoms with Crippen LogP contribution in [0.25, 0.3) is 0 Å². The Hall–Kier alpha value is -1.64. The molecule has 1 heterocycles. The van der Waals surface area contributed by atoms with E-state index in [0.717, 1.165) is 12.0 Å². The Morgan fingerprint density at radius 3 is 2.35 bits per heavy atom. The van der Waals surface area contributed by atoms with Crippen LogP contribution in [-0.2, 0) is 16.4 Å². The van der Waals surface area contributed by atoms with E-state index in [0.29, 0.717) is 49.0 Å². The molecule has 2 N–H and O–H groups in total. The zero-order valence-electron chi connectivity index (χ0n) is 19.3. The number of aliphatic hydroxyl groups excluding tert-OH is 1. The summed E-state index contributed by atoms with van der Waals surface area (Å²) in [4.78, 5) is 12.9. The lowest BCUT2D eigenvalue weighted by Gasteiger charge is -2.39. The fraction of sp³-hybridized carbons (Fsp3) is 0.480. The Kier molecular flexibility index (Phi) is 7.60. The molecule has 2 aliphatic rings. The molecule has 1 aliphatic heterocycles. The Morgan fingerprint density at radius 1 is 1.09 bits per heavy atom. The minimum Gasteiger partial charge on any atom is -0.396 e. The molecule has 6 nitrogen and oxygen atoms in total. The second kappa shape index (κ2) is 10.2. The van der Waals surface area contributed by atoms with Crippen molar-refractivity contribution in [1.29, 1.82) is 0 Å². The molecule has 1 saturated heterocycles. The largest absolute Gasteiger partial charge is 0.396 e. The number of carbonyl (C=O) groups excluding carboxylic acids is 1. The second-order valence-corrected chi connectivity index (χ2v) is 12.7. The highest BCUT2D eigenvalue weighted by atomic mass is 35.5. The van der Waals surface area contributed by atoms with E-state index in [9.17, 15) is 18.3 Å². The van der Waals surface area contributed by atoms with Gasteiger partial charge >= 0.3 is 0 Å². The SMILES string of the molecule is C[C@@H]1C[C@H](C)CN(S(=O)(=O)C2C[C@H](CO)Cc3ccc(NC(=O)c4c(Cl)cccc4Cl)cc32)C1. The van der Waals surface area contributed by atoms with E-state index in [4.69, 9.17) is 23.2 Å². The van der Waals surface area contributed by atoms with Gasteiger partial charge in [0.05, 0.1) is 15.6 Å². The molecule has 0 aromatic heterocycles. The van der Waals surface area contributed by atoms with Crippen LogP contribution in [0.15, 0.2) is 36.4 Å². The van der Waals surface area contributed by atoms with Crippen molar-refractivity contribution in [3.63, 3.8) is 0 Å². The summed E-state index contributed by atoms with van der Waals surface area (Å²) in [5.74, 6) is -0.00518. The van der Waals surface area contributed by atoms with Gasteiger partial charge in [-0.2, -0.15) is 0 Å². The van der Waals surface area contributed by atoms with Gasteiger partial charge in [0.25, 0.3) is 5.91 Å². The number of piperidine rings is 1. The number of rotatable bonds is 5.